The Bertz CT molecular complexity index is 686. The highest BCUT2D eigenvalue weighted by Crippen LogP contribution is 2.45. The zero-order chi connectivity index (χ0) is 14.5. The van der Waals surface area contributed by atoms with Crippen LogP contribution in [-0.4, -0.2) is 0 Å². The Morgan fingerprint density at radius 1 is 1.05 bits per heavy atom. The molecule has 0 saturated heterocycles. The van der Waals surface area contributed by atoms with Crippen molar-refractivity contribution in [3.05, 3.63) is 46.5 Å². The molecule has 0 fully saturated rings. The lowest BCUT2D eigenvalue weighted by atomic mass is 9.87. The summed E-state index contributed by atoms with van der Waals surface area (Å²) in [5, 5.41) is 4.11. The van der Waals surface area contributed by atoms with Crippen LogP contribution in [0.3, 0.4) is 0 Å². The van der Waals surface area contributed by atoms with Crippen molar-refractivity contribution in [3.63, 3.8) is 0 Å². The van der Waals surface area contributed by atoms with Gasteiger partial charge in [-0.1, -0.05) is 38.4 Å². The van der Waals surface area contributed by atoms with Gasteiger partial charge < -0.3 is 10.1 Å². The number of rotatable bonds is 0. The molecule has 1 aliphatic heterocycles. The minimum atomic E-state index is 0.105. The van der Waals surface area contributed by atoms with Crippen LogP contribution in [0, 0.1) is 6.92 Å². The van der Waals surface area contributed by atoms with E-state index in [0.29, 0.717) is 5.02 Å². The van der Waals surface area contributed by atoms with Crippen molar-refractivity contribution in [2.24, 2.45) is 0 Å². The normalized spacial score (nSPS) is 13.1. The van der Waals surface area contributed by atoms with Crippen molar-refractivity contribution >= 4 is 23.0 Å². The second kappa shape index (κ2) is 4.42. The molecule has 2 aromatic rings. The lowest BCUT2D eigenvalue weighted by Gasteiger charge is -2.26. The molecule has 0 atom stereocenters. The predicted octanol–water partition coefficient (Wildman–Crippen LogP) is 5.80. The van der Waals surface area contributed by atoms with Gasteiger partial charge in [0.25, 0.3) is 0 Å². The molecule has 1 heterocycles. The molecule has 104 valence electrons. The second-order valence-corrected chi connectivity index (χ2v) is 6.72. The maximum Gasteiger partial charge on any atom is 0.153 e. The number of halogens is 1. The van der Waals surface area contributed by atoms with Crippen LogP contribution >= 0.6 is 11.6 Å². The van der Waals surface area contributed by atoms with Crippen LogP contribution in [0.2, 0.25) is 5.02 Å². The van der Waals surface area contributed by atoms with Gasteiger partial charge in [0.1, 0.15) is 0 Å². The van der Waals surface area contributed by atoms with Gasteiger partial charge >= 0.3 is 0 Å². The quantitative estimate of drug-likeness (QED) is 0.564. The number of ether oxygens (including phenoxy) is 1. The Morgan fingerprint density at radius 2 is 1.80 bits per heavy atom. The first-order valence-corrected chi connectivity index (χ1v) is 7.12. The molecular formula is C17H18ClNO. The highest BCUT2D eigenvalue weighted by atomic mass is 35.5. The molecule has 20 heavy (non-hydrogen) atoms. The first-order chi connectivity index (χ1) is 9.34. The number of hydrogen-bond acceptors (Lipinski definition) is 2. The highest BCUT2D eigenvalue weighted by Gasteiger charge is 2.22. The molecule has 1 N–H and O–H groups in total. The van der Waals surface area contributed by atoms with Crippen LogP contribution < -0.4 is 10.1 Å². The Balaban J connectivity index is 2.07. The molecule has 0 radical (unpaired) electrons. The van der Waals surface area contributed by atoms with Crippen LogP contribution in [0.5, 0.6) is 11.5 Å². The molecule has 0 saturated carbocycles. The van der Waals surface area contributed by atoms with Crippen molar-refractivity contribution in [2.45, 2.75) is 33.1 Å². The molecule has 3 heteroatoms. The first-order valence-electron chi connectivity index (χ1n) is 6.74. The fraction of sp³-hybridized carbons (Fsp3) is 0.294. The summed E-state index contributed by atoms with van der Waals surface area (Å²) in [7, 11) is 0. The summed E-state index contributed by atoms with van der Waals surface area (Å²) in [4.78, 5) is 0. The van der Waals surface area contributed by atoms with Crippen molar-refractivity contribution in [1.29, 1.82) is 0 Å². The highest BCUT2D eigenvalue weighted by molar-refractivity contribution is 6.31. The Labute approximate surface area is 124 Å². The average molecular weight is 288 g/mol. The molecule has 0 unspecified atom stereocenters. The van der Waals surface area contributed by atoms with Gasteiger partial charge in [0.05, 0.1) is 11.4 Å². The predicted molar refractivity (Wildman–Crippen MR) is 84.7 cm³/mol. The number of nitrogens with one attached hydrogen (secondary N) is 1. The Morgan fingerprint density at radius 3 is 2.50 bits per heavy atom. The second-order valence-electron chi connectivity index (χ2n) is 6.29. The molecule has 0 spiro atoms. The van der Waals surface area contributed by atoms with E-state index in [0.717, 1.165) is 28.4 Å². The topological polar surface area (TPSA) is 21.3 Å². The average Bonchev–Trinajstić information content (AvgIpc) is 2.35. The maximum absolute atomic E-state index is 6.10. The van der Waals surface area contributed by atoms with E-state index in [1.807, 2.05) is 19.1 Å². The third kappa shape index (κ3) is 2.25. The monoisotopic (exact) mass is 287 g/mol. The summed E-state index contributed by atoms with van der Waals surface area (Å²) in [5.74, 6) is 1.73. The third-order valence-corrected chi connectivity index (χ3v) is 3.79. The van der Waals surface area contributed by atoms with Crippen LogP contribution in [0.15, 0.2) is 30.3 Å². The van der Waals surface area contributed by atoms with E-state index in [-0.39, 0.29) is 5.41 Å². The Hall–Kier alpha value is -1.67. The minimum absolute atomic E-state index is 0.105. The standard InChI is InChI=1S/C17H18ClNO/c1-10-7-12(18)9-14-16(10)20-15-8-11(17(2,3)4)5-6-13(15)19-14/h5-9,19H,1-4H3. The molecule has 1 aliphatic rings. The van der Waals surface area contributed by atoms with E-state index in [1.54, 1.807) is 0 Å². The largest absolute Gasteiger partial charge is 0.453 e. The van der Waals surface area contributed by atoms with Crippen molar-refractivity contribution in [2.75, 3.05) is 5.32 Å². The summed E-state index contributed by atoms with van der Waals surface area (Å²) < 4.78 is 6.08. The minimum Gasteiger partial charge on any atom is -0.453 e. The summed E-state index contributed by atoms with van der Waals surface area (Å²) in [6.07, 6.45) is 0. The van der Waals surface area contributed by atoms with Gasteiger partial charge in [-0.25, -0.2) is 0 Å². The lowest BCUT2D eigenvalue weighted by molar-refractivity contribution is 0.473. The summed E-state index contributed by atoms with van der Waals surface area (Å²) in [5.41, 5.74) is 4.30. The van der Waals surface area contributed by atoms with Gasteiger partial charge in [0, 0.05) is 5.02 Å². The smallest absolute Gasteiger partial charge is 0.153 e. The van der Waals surface area contributed by atoms with E-state index in [9.17, 15) is 0 Å². The van der Waals surface area contributed by atoms with Gasteiger partial charge in [-0.15, -0.1) is 0 Å². The van der Waals surface area contributed by atoms with E-state index in [1.165, 1.54) is 5.56 Å². The molecule has 3 rings (SSSR count). The summed E-state index contributed by atoms with van der Waals surface area (Å²) in [6, 6.07) is 10.1. The zero-order valence-electron chi connectivity index (χ0n) is 12.2. The number of hydrogen-bond donors (Lipinski definition) is 1. The molecule has 2 aromatic carbocycles. The first kappa shape index (κ1) is 13.3. The van der Waals surface area contributed by atoms with Crippen molar-refractivity contribution in [1.82, 2.24) is 0 Å². The number of benzene rings is 2. The molecule has 2 nitrogen and oxygen atoms in total. The number of aryl methyl sites for hydroxylation is 1. The maximum atomic E-state index is 6.10. The van der Waals surface area contributed by atoms with E-state index in [4.69, 9.17) is 16.3 Å². The van der Waals surface area contributed by atoms with Gasteiger partial charge in [-0.05, 0) is 47.7 Å². The fourth-order valence-corrected chi connectivity index (χ4v) is 2.66. The van der Waals surface area contributed by atoms with Crippen LogP contribution in [0.25, 0.3) is 0 Å². The number of fused-ring (bicyclic) bond motifs is 2. The molecule has 0 aromatic heterocycles. The molecule has 0 amide bonds. The van der Waals surface area contributed by atoms with Gasteiger partial charge in [0.2, 0.25) is 0 Å². The number of anilines is 2. The van der Waals surface area contributed by atoms with E-state index < -0.39 is 0 Å². The van der Waals surface area contributed by atoms with E-state index >= 15 is 0 Å². The summed E-state index contributed by atoms with van der Waals surface area (Å²) >= 11 is 6.10. The lowest BCUT2D eigenvalue weighted by Crippen LogP contribution is -2.12. The van der Waals surface area contributed by atoms with Crippen LogP contribution in [-0.2, 0) is 5.41 Å². The van der Waals surface area contributed by atoms with E-state index in [2.05, 4.69) is 44.3 Å². The van der Waals surface area contributed by atoms with Gasteiger partial charge in [0.15, 0.2) is 11.5 Å². The third-order valence-electron chi connectivity index (χ3n) is 3.57. The summed E-state index contributed by atoms with van der Waals surface area (Å²) in [6.45, 7) is 8.60. The zero-order valence-corrected chi connectivity index (χ0v) is 12.9. The van der Waals surface area contributed by atoms with Crippen molar-refractivity contribution in [3.8, 4) is 11.5 Å². The molecular weight excluding hydrogens is 270 g/mol. The SMILES string of the molecule is Cc1cc(Cl)cc2c1Oc1cc(C(C)(C)C)ccc1N2. The Kier molecular flexibility index (Phi) is 2.94. The van der Waals surface area contributed by atoms with Crippen LogP contribution in [0.1, 0.15) is 31.9 Å². The molecule has 0 aliphatic carbocycles. The van der Waals surface area contributed by atoms with Gasteiger partial charge in [-0.3, -0.25) is 0 Å². The fourth-order valence-electron chi connectivity index (χ4n) is 2.39. The van der Waals surface area contributed by atoms with Crippen molar-refractivity contribution < 1.29 is 4.74 Å². The molecule has 0 bridgehead atoms. The van der Waals surface area contributed by atoms with Crippen LogP contribution in [0.4, 0.5) is 11.4 Å². The van der Waals surface area contributed by atoms with Gasteiger partial charge in [-0.2, -0.15) is 0 Å².